The van der Waals surface area contributed by atoms with Gasteiger partial charge in [-0.3, -0.25) is 9.59 Å². The predicted molar refractivity (Wildman–Crippen MR) is 221 cm³/mol. The molecule has 0 radical (unpaired) electrons. The highest BCUT2D eigenvalue weighted by molar-refractivity contribution is 7.89. The quantitative estimate of drug-likeness (QED) is 0.101. The Labute approximate surface area is 340 Å². The Hall–Kier alpha value is -5.68. The van der Waals surface area contributed by atoms with E-state index in [0.29, 0.717) is 44.5 Å². The van der Waals surface area contributed by atoms with E-state index in [0.717, 1.165) is 16.7 Å². The van der Waals surface area contributed by atoms with Crippen LogP contribution in [0, 0.1) is 6.92 Å². The first-order chi connectivity index (χ1) is 27.0. The summed E-state index contributed by atoms with van der Waals surface area (Å²) < 4.78 is 53.4. The number of halogens is 2. The van der Waals surface area contributed by atoms with Crippen molar-refractivity contribution in [3.8, 4) is 28.0 Å². The van der Waals surface area contributed by atoms with E-state index < -0.39 is 20.0 Å². The Morgan fingerprint density at radius 3 is 1.37 bits per heavy atom. The minimum Gasteiger partial charge on any atom is -0.497 e. The van der Waals surface area contributed by atoms with Gasteiger partial charge in [-0.25, -0.2) is 37.1 Å². The Kier molecular flexibility index (Phi) is 13.8. The molecular weight excluding hydrogens is 812 g/mol. The lowest BCUT2D eigenvalue weighted by Gasteiger charge is -2.12. The Bertz CT molecular complexity index is 2610. The second-order valence-electron chi connectivity index (χ2n) is 12.5. The van der Waals surface area contributed by atoms with Gasteiger partial charge in [0.25, 0.3) is 0 Å². The predicted octanol–water partition coefficient (Wildman–Crippen LogP) is 6.78. The fraction of sp³-hybridized carbons (Fsp3) is 0.100. The molecule has 0 aliphatic carbocycles. The first kappa shape index (κ1) is 42.5. The summed E-state index contributed by atoms with van der Waals surface area (Å²) in [6, 6.07) is 30.1. The average molecular weight is 848 g/mol. The van der Waals surface area contributed by atoms with E-state index in [2.05, 4.69) is 20.6 Å². The maximum Gasteiger partial charge on any atom is 0.238 e. The molecule has 6 aromatic rings. The van der Waals surface area contributed by atoms with Crippen molar-refractivity contribution in [2.75, 3.05) is 17.7 Å². The van der Waals surface area contributed by atoms with Gasteiger partial charge in [-0.2, -0.15) is 0 Å². The number of benzene rings is 4. The molecule has 4 aromatic carbocycles. The molecule has 6 N–H and O–H groups in total. The summed E-state index contributed by atoms with van der Waals surface area (Å²) in [6.07, 6.45) is 3.21. The van der Waals surface area contributed by atoms with E-state index in [9.17, 15) is 26.4 Å². The number of hydrogen-bond acceptors (Lipinski definition) is 9. The number of methoxy groups -OCH3 is 1. The van der Waals surface area contributed by atoms with Crippen LogP contribution in [0.1, 0.15) is 16.7 Å². The first-order valence-electron chi connectivity index (χ1n) is 16.8. The molecule has 0 aliphatic heterocycles. The molecule has 0 saturated carbocycles. The van der Waals surface area contributed by atoms with Crippen molar-refractivity contribution in [1.82, 2.24) is 9.97 Å². The zero-order chi connectivity index (χ0) is 41.3. The van der Waals surface area contributed by atoms with E-state index in [-0.39, 0.29) is 39.6 Å². The van der Waals surface area contributed by atoms with E-state index in [1.54, 1.807) is 79.9 Å². The third kappa shape index (κ3) is 12.2. The maximum atomic E-state index is 12.3. The van der Waals surface area contributed by atoms with Crippen molar-refractivity contribution < 1.29 is 31.2 Å². The molecular formula is C40H36Cl2N6O7S2. The summed E-state index contributed by atoms with van der Waals surface area (Å²) in [4.78, 5) is 32.3. The molecule has 57 heavy (non-hydrogen) atoms. The number of hydrogen-bond donors (Lipinski definition) is 4. The van der Waals surface area contributed by atoms with Crippen molar-refractivity contribution in [2.24, 2.45) is 10.3 Å². The lowest BCUT2D eigenvalue weighted by molar-refractivity contribution is -0.116. The minimum absolute atomic E-state index is 0.107. The number of anilines is 2. The summed E-state index contributed by atoms with van der Waals surface area (Å²) >= 11 is 11.6. The highest BCUT2D eigenvalue weighted by Gasteiger charge is 2.19. The summed E-state index contributed by atoms with van der Waals surface area (Å²) in [6.45, 7) is 1.97. The van der Waals surface area contributed by atoms with Gasteiger partial charge in [0.05, 0.1) is 29.7 Å². The molecule has 13 nitrogen and oxygen atoms in total. The van der Waals surface area contributed by atoms with Crippen LogP contribution < -0.4 is 25.6 Å². The monoisotopic (exact) mass is 846 g/mol. The largest absolute Gasteiger partial charge is 0.497 e. The topological polar surface area (TPSA) is 214 Å². The fourth-order valence-electron chi connectivity index (χ4n) is 5.45. The molecule has 2 amide bonds. The second kappa shape index (κ2) is 18.5. The van der Waals surface area contributed by atoms with Crippen LogP contribution in [0.4, 0.5) is 11.4 Å². The number of nitrogens with two attached hydrogens (primary N) is 2. The number of pyridine rings is 2. The molecule has 17 heteroatoms. The number of carbonyl (C=O) groups is 2. The van der Waals surface area contributed by atoms with Crippen LogP contribution in [0.5, 0.6) is 5.75 Å². The molecule has 0 fully saturated rings. The molecule has 2 aromatic heterocycles. The molecule has 294 valence electrons. The average Bonchev–Trinajstić information content (AvgIpc) is 3.16. The van der Waals surface area contributed by atoms with Gasteiger partial charge in [0.2, 0.25) is 31.9 Å². The zero-order valence-corrected chi connectivity index (χ0v) is 33.6. The van der Waals surface area contributed by atoms with Crippen molar-refractivity contribution >= 4 is 66.4 Å². The maximum absolute atomic E-state index is 12.3. The lowest BCUT2D eigenvalue weighted by Crippen LogP contribution is -2.17. The molecule has 6 rings (SSSR count). The second-order valence-corrected chi connectivity index (χ2v) is 16.4. The van der Waals surface area contributed by atoms with Gasteiger partial charge >= 0.3 is 0 Å². The van der Waals surface area contributed by atoms with Crippen molar-refractivity contribution in [3.05, 3.63) is 149 Å². The SMILES string of the molecule is COc1ccc(CC(=O)Nc2ccc(-c3ccc(Cl)nc3)c(S(N)(=O)=O)c2)cc1.Cc1ccc(CC(=O)Nc2ccc(-c3ccc(Cl)nc3)c(S(N)(=O)=O)c2)cc1. The number of nitrogens with one attached hydrogen (secondary N) is 2. The van der Waals surface area contributed by atoms with Gasteiger partial charge in [-0.05, 0) is 78.7 Å². The molecule has 0 unspecified atom stereocenters. The van der Waals surface area contributed by atoms with E-state index in [1.165, 1.54) is 24.5 Å². The van der Waals surface area contributed by atoms with Crippen LogP contribution in [0.15, 0.2) is 131 Å². The summed E-state index contributed by atoms with van der Waals surface area (Å²) in [5.74, 6) is 0.140. The Morgan fingerprint density at radius 1 is 0.614 bits per heavy atom. The van der Waals surface area contributed by atoms with E-state index >= 15 is 0 Å². The number of carbonyl (C=O) groups excluding carboxylic acids is 2. The van der Waals surface area contributed by atoms with Gasteiger partial charge in [0.1, 0.15) is 16.1 Å². The molecule has 0 bridgehead atoms. The summed E-state index contributed by atoms with van der Waals surface area (Å²) in [5.41, 5.74) is 5.24. The van der Waals surface area contributed by atoms with Gasteiger partial charge in [0, 0.05) is 46.0 Å². The molecule has 0 spiro atoms. The van der Waals surface area contributed by atoms with Gasteiger partial charge < -0.3 is 15.4 Å². The number of aryl methyl sites for hydroxylation is 1. The number of ether oxygens (including phenoxy) is 1. The van der Waals surface area contributed by atoms with Crippen LogP contribution in [0.25, 0.3) is 22.3 Å². The number of nitrogens with zero attached hydrogens (tertiary/aromatic N) is 2. The van der Waals surface area contributed by atoms with Crippen LogP contribution in [0.3, 0.4) is 0 Å². The van der Waals surface area contributed by atoms with Gasteiger partial charge in [-0.15, -0.1) is 0 Å². The smallest absolute Gasteiger partial charge is 0.238 e. The number of aromatic nitrogens is 2. The normalized spacial score (nSPS) is 11.2. The zero-order valence-electron chi connectivity index (χ0n) is 30.4. The number of amides is 2. The van der Waals surface area contributed by atoms with Crippen molar-refractivity contribution in [1.29, 1.82) is 0 Å². The highest BCUT2D eigenvalue weighted by Crippen LogP contribution is 2.31. The van der Waals surface area contributed by atoms with Crippen LogP contribution in [0.2, 0.25) is 10.3 Å². The molecule has 0 aliphatic rings. The molecule has 2 heterocycles. The Morgan fingerprint density at radius 2 is 1.02 bits per heavy atom. The number of sulfonamides is 2. The van der Waals surface area contributed by atoms with Crippen LogP contribution >= 0.6 is 23.2 Å². The minimum atomic E-state index is -4.04. The Balaban J connectivity index is 0.000000218. The third-order valence-corrected chi connectivity index (χ3v) is 10.6. The first-order valence-corrected chi connectivity index (χ1v) is 20.7. The standard InChI is InChI=1S/C20H18ClN3O4S.C20H18ClN3O3S/c1-28-16-6-2-13(3-7-16)10-20(25)24-15-5-8-17(18(11-15)29(22,26)27)14-4-9-19(21)23-12-14;1-13-2-4-14(5-3-13)10-20(25)24-16-7-8-17(18(11-16)28(22,26)27)15-6-9-19(21)23-12-15/h2-9,11-12H,10H2,1H3,(H,24,25)(H2,22,26,27);2-9,11-12H,10H2,1H3,(H,24,25)(H2,22,26,27). The molecule has 0 atom stereocenters. The highest BCUT2D eigenvalue weighted by atomic mass is 35.5. The van der Waals surface area contributed by atoms with Crippen LogP contribution in [-0.2, 0) is 42.5 Å². The van der Waals surface area contributed by atoms with Crippen molar-refractivity contribution in [3.63, 3.8) is 0 Å². The van der Waals surface area contributed by atoms with E-state index in [1.807, 2.05) is 31.2 Å². The van der Waals surface area contributed by atoms with Crippen LogP contribution in [-0.4, -0.2) is 45.7 Å². The van der Waals surface area contributed by atoms with E-state index in [4.69, 9.17) is 38.2 Å². The van der Waals surface area contributed by atoms with Gasteiger partial charge in [0.15, 0.2) is 0 Å². The number of rotatable bonds is 11. The summed E-state index contributed by atoms with van der Waals surface area (Å²) in [5, 5.41) is 16.7. The van der Waals surface area contributed by atoms with Crippen molar-refractivity contribution in [2.45, 2.75) is 29.6 Å². The summed E-state index contributed by atoms with van der Waals surface area (Å²) in [7, 11) is -6.50. The lowest BCUT2D eigenvalue weighted by atomic mass is 10.1. The van der Waals surface area contributed by atoms with Gasteiger partial charge in [-0.1, -0.05) is 77.3 Å². The third-order valence-electron chi connectivity index (χ3n) is 8.23. The fourth-order valence-corrected chi connectivity index (χ4v) is 7.24. The number of primary sulfonamides is 2. The molecule has 0 saturated heterocycles.